The second-order valence-electron chi connectivity index (χ2n) is 6.31. The zero-order valence-corrected chi connectivity index (χ0v) is 15.0. The van der Waals surface area contributed by atoms with E-state index in [1.54, 1.807) is 0 Å². The number of hydrogen-bond donors (Lipinski definition) is 1. The van der Waals surface area contributed by atoms with Gasteiger partial charge in [-0.25, -0.2) is 0 Å². The van der Waals surface area contributed by atoms with Crippen molar-refractivity contribution in [2.45, 2.75) is 39.3 Å². The van der Waals surface area contributed by atoms with Crippen molar-refractivity contribution >= 4 is 11.6 Å². The average Bonchev–Trinajstić information content (AvgIpc) is 2.66. The molecule has 0 radical (unpaired) electrons. The summed E-state index contributed by atoms with van der Waals surface area (Å²) in [7, 11) is 0. The van der Waals surface area contributed by atoms with Gasteiger partial charge in [-0.2, -0.15) is 0 Å². The van der Waals surface area contributed by atoms with Gasteiger partial charge >= 0.3 is 0 Å². The SMILES string of the molecule is CCCCCOc1ccc(C2Nc3ccccc3C(=O)N2CC)cc1. The monoisotopic (exact) mass is 338 g/mol. The number of ether oxygens (including phenoxy) is 1. The van der Waals surface area contributed by atoms with Crippen LogP contribution in [0.25, 0.3) is 0 Å². The van der Waals surface area contributed by atoms with Gasteiger partial charge in [0.2, 0.25) is 0 Å². The number of nitrogens with zero attached hydrogens (tertiary/aromatic N) is 1. The molecule has 1 atom stereocenters. The van der Waals surface area contributed by atoms with Crippen molar-refractivity contribution in [2.24, 2.45) is 0 Å². The Labute approximate surface area is 149 Å². The van der Waals surface area contributed by atoms with Crippen molar-refractivity contribution in [3.8, 4) is 5.75 Å². The van der Waals surface area contributed by atoms with Gasteiger partial charge in [0.25, 0.3) is 5.91 Å². The minimum atomic E-state index is -0.151. The van der Waals surface area contributed by atoms with Gasteiger partial charge in [0.15, 0.2) is 0 Å². The summed E-state index contributed by atoms with van der Waals surface area (Å²) in [4.78, 5) is 14.6. The molecule has 25 heavy (non-hydrogen) atoms. The fraction of sp³-hybridized carbons (Fsp3) is 0.381. The highest BCUT2D eigenvalue weighted by Gasteiger charge is 2.31. The van der Waals surface area contributed by atoms with Crippen LogP contribution in [0.2, 0.25) is 0 Å². The van der Waals surface area contributed by atoms with Gasteiger partial charge in [0.05, 0.1) is 12.2 Å². The van der Waals surface area contributed by atoms with Gasteiger partial charge in [-0.05, 0) is 43.2 Å². The minimum Gasteiger partial charge on any atom is -0.494 e. The molecule has 1 amide bonds. The van der Waals surface area contributed by atoms with Gasteiger partial charge in [0.1, 0.15) is 11.9 Å². The van der Waals surface area contributed by atoms with E-state index in [0.29, 0.717) is 6.54 Å². The Morgan fingerprint density at radius 1 is 1.04 bits per heavy atom. The Hall–Kier alpha value is -2.49. The van der Waals surface area contributed by atoms with E-state index in [1.807, 2.05) is 60.4 Å². The average molecular weight is 338 g/mol. The summed E-state index contributed by atoms with van der Waals surface area (Å²) in [6, 6.07) is 15.7. The summed E-state index contributed by atoms with van der Waals surface area (Å²) >= 11 is 0. The van der Waals surface area contributed by atoms with E-state index >= 15 is 0 Å². The number of unbranched alkanes of at least 4 members (excludes halogenated alkanes) is 2. The van der Waals surface area contributed by atoms with Crippen molar-refractivity contribution in [3.63, 3.8) is 0 Å². The third-order valence-corrected chi connectivity index (χ3v) is 4.58. The molecule has 1 unspecified atom stereocenters. The van der Waals surface area contributed by atoms with Crippen molar-refractivity contribution in [1.29, 1.82) is 0 Å². The lowest BCUT2D eigenvalue weighted by Crippen LogP contribution is -2.42. The molecule has 0 fully saturated rings. The Kier molecular flexibility index (Phi) is 5.59. The summed E-state index contributed by atoms with van der Waals surface area (Å²) in [6.07, 6.45) is 3.31. The third-order valence-electron chi connectivity index (χ3n) is 4.58. The van der Waals surface area contributed by atoms with Crippen LogP contribution in [0, 0.1) is 0 Å². The standard InChI is InChI=1S/C21H26N2O2/c1-3-5-8-15-25-17-13-11-16(12-14-17)20-22-19-10-7-6-9-18(19)21(24)23(20)4-2/h6-7,9-14,20,22H,3-5,8,15H2,1-2H3. The van der Waals surface area contributed by atoms with Crippen molar-refractivity contribution in [1.82, 2.24) is 4.90 Å². The molecule has 2 aromatic rings. The highest BCUT2D eigenvalue weighted by molar-refractivity contribution is 6.01. The quantitative estimate of drug-likeness (QED) is 0.734. The Balaban J connectivity index is 1.75. The Morgan fingerprint density at radius 3 is 2.52 bits per heavy atom. The molecule has 0 saturated heterocycles. The molecule has 4 nitrogen and oxygen atoms in total. The van der Waals surface area contributed by atoms with Crippen LogP contribution in [0.4, 0.5) is 5.69 Å². The number of carbonyl (C=O) groups excluding carboxylic acids is 1. The summed E-state index contributed by atoms with van der Waals surface area (Å²) in [6.45, 7) is 5.60. The smallest absolute Gasteiger partial charge is 0.257 e. The summed E-state index contributed by atoms with van der Waals surface area (Å²) < 4.78 is 5.78. The van der Waals surface area contributed by atoms with Gasteiger partial charge in [0, 0.05) is 12.2 Å². The molecule has 1 N–H and O–H groups in total. The van der Waals surface area contributed by atoms with E-state index in [0.717, 1.165) is 35.6 Å². The number of para-hydroxylation sites is 1. The highest BCUT2D eigenvalue weighted by atomic mass is 16.5. The second-order valence-corrected chi connectivity index (χ2v) is 6.31. The number of anilines is 1. The maximum absolute atomic E-state index is 12.8. The Bertz CT molecular complexity index is 712. The molecule has 0 aliphatic carbocycles. The van der Waals surface area contributed by atoms with E-state index in [4.69, 9.17) is 4.74 Å². The zero-order chi connectivity index (χ0) is 17.6. The number of amides is 1. The maximum atomic E-state index is 12.8. The number of nitrogens with one attached hydrogen (secondary N) is 1. The Morgan fingerprint density at radius 2 is 1.80 bits per heavy atom. The van der Waals surface area contributed by atoms with E-state index in [2.05, 4.69) is 12.2 Å². The van der Waals surface area contributed by atoms with Crippen molar-refractivity contribution < 1.29 is 9.53 Å². The number of carbonyl (C=O) groups is 1. The molecule has 0 saturated carbocycles. The van der Waals surface area contributed by atoms with Crippen LogP contribution in [0.3, 0.4) is 0 Å². The molecule has 132 valence electrons. The van der Waals surface area contributed by atoms with E-state index in [1.165, 1.54) is 12.8 Å². The van der Waals surface area contributed by atoms with Crippen LogP contribution in [-0.4, -0.2) is 24.0 Å². The predicted molar refractivity (Wildman–Crippen MR) is 101 cm³/mol. The van der Waals surface area contributed by atoms with Crippen LogP contribution in [0.15, 0.2) is 48.5 Å². The molecule has 0 bridgehead atoms. The molecule has 1 aliphatic heterocycles. The maximum Gasteiger partial charge on any atom is 0.257 e. The minimum absolute atomic E-state index is 0.0711. The summed E-state index contributed by atoms with van der Waals surface area (Å²) in [5.41, 5.74) is 2.68. The normalized spacial score (nSPS) is 16.3. The third kappa shape index (κ3) is 3.78. The van der Waals surface area contributed by atoms with Crippen LogP contribution in [0.5, 0.6) is 5.75 Å². The number of fused-ring (bicyclic) bond motifs is 1. The van der Waals surface area contributed by atoms with Crippen molar-refractivity contribution in [2.75, 3.05) is 18.5 Å². The molecule has 0 spiro atoms. The molecule has 3 rings (SSSR count). The van der Waals surface area contributed by atoms with Gasteiger partial charge < -0.3 is 15.0 Å². The molecule has 4 heteroatoms. The fourth-order valence-electron chi connectivity index (χ4n) is 3.17. The lowest BCUT2D eigenvalue weighted by molar-refractivity contribution is 0.0695. The first kappa shape index (κ1) is 17.3. The van der Waals surface area contributed by atoms with Crippen LogP contribution >= 0.6 is 0 Å². The van der Waals surface area contributed by atoms with E-state index in [-0.39, 0.29) is 12.1 Å². The molecular weight excluding hydrogens is 312 g/mol. The fourth-order valence-corrected chi connectivity index (χ4v) is 3.17. The largest absolute Gasteiger partial charge is 0.494 e. The van der Waals surface area contributed by atoms with Gasteiger partial charge in [-0.15, -0.1) is 0 Å². The first-order valence-corrected chi connectivity index (χ1v) is 9.14. The van der Waals surface area contributed by atoms with Gasteiger partial charge in [-0.3, -0.25) is 4.79 Å². The molecule has 1 heterocycles. The predicted octanol–water partition coefficient (Wildman–Crippen LogP) is 4.84. The first-order valence-electron chi connectivity index (χ1n) is 9.14. The molecule has 1 aliphatic rings. The number of benzene rings is 2. The molecular formula is C21H26N2O2. The lowest BCUT2D eigenvalue weighted by atomic mass is 10.0. The number of rotatable bonds is 7. The van der Waals surface area contributed by atoms with Gasteiger partial charge in [-0.1, -0.05) is 44.0 Å². The summed E-state index contributed by atoms with van der Waals surface area (Å²) in [5, 5.41) is 3.49. The van der Waals surface area contributed by atoms with Crippen molar-refractivity contribution in [3.05, 3.63) is 59.7 Å². The van der Waals surface area contributed by atoms with E-state index < -0.39 is 0 Å². The summed E-state index contributed by atoms with van der Waals surface area (Å²) in [5.74, 6) is 0.951. The molecule has 0 aromatic heterocycles. The lowest BCUT2D eigenvalue weighted by Gasteiger charge is -2.37. The first-order chi connectivity index (χ1) is 12.2. The zero-order valence-electron chi connectivity index (χ0n) is 15.0. The number of hydrogen-bond acceptors (Lipinski definition) is 3. The molecule has 2 aromatic carbocycles. The van der Waals surface area contributed by atoms with Crippen LogP contribution < -0.4 is 10.1 Å². The van der Waals surface area contributed by atoms with Crippen LogP contribution in [-0.2, 0) is 0 Å². The second kappa shape index (κ2) is 8.06. The van der Waals surface area contributed by atoms with Crippen LogP contribution in [0.1, 0.15) is 55.2 Å². The topological polar surface area (TPSA) is 41.6 Å². The highest BCUT2D eigenvalue weighted by Crippen LogP contribution is 2.33. The van der Waals surface area contributed by atoms with E-state index in [9.17, 15) is 4.79 Å².